The van der Waals surface area contributed by atoms with Crippen molar-refractivity contribution >= 4 is 33.0 Å². The molecule has 0 spiro atoms. The third kappa shape index (κ3) is 4.05. The molecule has 1 aliphatic rings. The number of hydrogen-bond acceptors (Lipinski definition) is 7. The molecule has 2 aromatic rings. The Labute approximate surface area is 157 Å². The van der Waals surface area contributed by atoms with E-state index in [9.17, 15) is 13.2 Å². The van der Waals surface area contributed by atoms with Gasteiger partial charge in [-0.2, -0.15) is 0 Å². The molecule has 2 N–H and O–H groups in total. The van der Waals surface area contributed by atoms with Crippen LogP contribution in [0.25, 0.3) is 0 Å². The Hall–Kier alpha value is -3.01. The molecule has 1 aromatic carbocycles. The molecule has 1 aromatic heterocycles. The minimum absolute atomic E-state index is 0.164. The summed E-state index contributed by atoms with van der Waals surface area (Å²) >= 11 is 0. The zero-order valence-electron chi connectivity index (χ0n) is 15.1. The monoisotopic (exact) mass is 392 g/mol. The molecule has 0 fully saturated rings. The van der Waals surface area contributed by atoms with E-state index in [2.05, 4.69) is 15.0 Å². The normalized spacial score (nSPS) is 13.4. The number of nitrogens with zero attached hydrogens (tertiary/aromatic N) is 2. The van der Waals surface area contributed by atoms with Crippen LogP contribution in [0.4, 0.5) is 17.1 Å². The lowest BCUT2D eigenvalue weighted by molar-refractivity contribution is 0.0963. The van der Waals surface area contributed by atoms with Crippen molar-refractivity contribution in [3.05, 3.63) is 36.0 Å². The number of nitrogens with one attached hydrogen (secondary N) is 2. The average molecular weight is 392 g/mol. The zero-order chi connectivity index (χ0) is 19.6. The lowest BCUT2D eigenvalue weighted by Gasteiger charge is -2.31. The van der Waals surface area contributed by atoms with Gasteiger partial charge in [-0.15, -0.1) is 0 Å². The van der Waals surface area contributed by atoms with Gasteiger partial charge in [0.15, 0.2) is 0 Å². The van der Waals surface area contributed by atoms with E-state index in [-0.39, 0.29) is 17.5 Å². The molecular formula is C17H20N4O5S. The molecule has 9 nitrogen and oxygen atoms in total. The largest absolute Gasteiger partial charge is 0.490 e. The highest BCUT2D eigenvalue weighted by Crippen LogP contribution is 2.39. The van der Waals surface area contributed by atoms with Crippen LogP contribution in [0.3, 0.4) is 0 Å². The highest BCUT2D eigenvalue weighted by Gasteiger charge is 2.23. The van der Waals surface area contributed by atoms with Gasteiger partial charge in [0.1, 0.15) is 18.0 Å². The highest BCUT2D eigenvalue weighted by atomic mass is 32.2. The van der Waals surface area contributed by atoms with E-state index in [0.717, 1.165) is 6.26 Å². The van der Waals surface area contributed by atoms with Crippen molar-refractivity contribution in [3.63, 3.8) is 0 Å². The van der Waals surface area contributed by atoms with Crippen LogP contribution in [0.5, 0.6) is 11.6 Å². The lowest BCUT2D eigenvalue weighted by Crippen LogP contribution is -2.29. The van der Waals surface area contributed by atoms with Crippen LogP contribution >= 0.6 is 0 Å². The molecule has 1 aliphatic heterocycles. The Kier molecular flexibility index (Phi) is 5.08. The van der Waals surface area contributed by atoms with Crippen molar-refractivity contribution in [1.82, 2.24) is 10.3 Å². The molecule has 27 heavy (non-hydrogen) atoms. The van der Waals surface area contributed by atoms with Gasteiger partial charge >= 0.3 is 0 Å². The van der Waals surface area contributed by atoms with Crippen LogP contribution in [-0.2, 0) is 10.0 Å². The topological polar surface area (TPSA) is 110 Å². The molecule has 10 heteroatoms. The standard InChI is InChI=1S/C17H20N4O5S/c1-18-16(22)11-4-5-15-14(8-11)21(6-7-26-15)12-9-13(20-27(3,23)24)17(25-2)19-10-12/h4-5,8-10,20H,6-7H2,1-3H3,(H,18,22). The summed E-state index contributed by atoms with van der Waals surface area (Å²) in [5.74, 6) is 0.578. The Morgan fingerprint density at radius 3 is 2.78 bits per heavy atom. The Balaban J connectivity index is 2.05. The second-order valence-electron chi connectivity index (χ2n) is 5.89. The van der Waals surface area contributed by atoms with E-state index in [1.165, 1.54) is 7.11 Å². The Bertz CT molecular complexity index is 977. The highest BCUT2D eigenvalue weighted by molar-refractivity contribution is 7.92. The minimum Gasteiger partial charge on any atom is -0.490 e. The first-order valence-corrected chi connectivity index (χ1v) is 10.00. The summed E-state index contributed by atoms with van der Waals surface area (Å²) in [7, 11) is -0.531. The summed E-state index contributed by atoms with van der Waals surface area (Å²) in [6.07, 6.45) is 2.63. The maximum absolute atomic E-state index is 12.0. The summed E-state index contributed by atoms with van der Waals surface area (Å²) in [5.41, 5.74) is 2.05. The summed E-state index contributed by atoms with van der Waals surface area (Å²) in [4.78, 5) is 18.1. The van der Waals surface area contributed by atoms with Crippen molar-refractivity contribution in [2.24, 2.45) is 0 Å². The number of sulfonamides is 1. The van der Waals surface area contributed by atoms with Gasteiger partial charge in [-0.25, -0.2) is 13.4 Å². The van der Waals surface area contributed by atoms with Gasteiger partial charge < -0.3 is 19.7 Å². The average Bonchev–Trinajstić information content (AvgIpc) is 2.65. The van der Waals surface area contributed by atoms with Gasteiger partial charge in [0.2, 0.25) is 15.9 Å². The fraction of sp³-hybridized carbons (Fsp3) is 0.294. The fourth-order valence-corrected chi connectivity index (χ4v) is 3.34. The van der Waals surface area contributed by atoms with E-state index in [1.807, 2.05) is 4.90 Å². The van der Waals surface area contributed by atoms with Gasteiger partial charge in [-0.1, -0.05) is 0 Å². The van der Waals surface area contributed by atoms with Crippen LogP contribution in [-0.4, -0.2) is 52.9 Å². The molecule has 144 valence electrons. The third-order valence-electron chi connectivity index (χ3n) is 3.95. The van der Waals surface area contributed by atoms with Crippen LogP contribution < -0.4 is 24.4 Å². The van der Waals surface area contributed by atoms with Crippen molar-refractivity contribution in [2.45, 2.75) is 0 Å². The van der Waals surface area contributed by atoms with Crippen molar-refractivity contribution in [1.29, 1.82) is 0 Å². The number of ether oxygens (including phenoxy) is 2. The molecule has 2 heterocycles. The van der Waals surface area contributed by atoms with Crippen LogP contribution in [0.15, 0.2) is 30.5 Å². The summed E-state index contributed by atoms with van der Waals surface area (Å²) < 4.78 is 36.5. The summed E-state index contributed by atoms with van der Waals surface area (Å²) in [6, 6.07) is 6.78. The van der Waals surface area contributed by atoms with Crippen molar-refractivity contribution in [3.8, 4) is 11.6 Å². The molecule has 0 unspecified atom stereocenters. The molecule has 0 aliphatic carbocycles. The Morgan fingerprint density at radius 2 is 2.11 bits per heavy atom. The molecule has 0 saturated carbocycles. The maximum Gasteiger partial charge on any atom is 0.251 e. The van der Waals surface area contributed by atoms with E-state index in [0.29, 0.717) is 35.8 Å². The van der Waals surface area contributed by atoms with E-state index in [4.69, 9.17) is 9.47 Å². The first-order valence-electron chi connectivity index (χ1n) is 8.10. The van der Waals surface area contributed by atoms with E-state index in [1.54, 1.807) is 37.5 Å². The number of rotatable bonds is 5. The number of aromatic nitrogens is 1. The molecule has 0 radical (unpaired) electrons. The zero-order valence-corrected chi connectivity index (χ0v) is 16.0. The fourth-order valence-electron chi connectivity index (χ4n) is 2.80. The SMILES string of the molecule is CNC(=O)c1ccc2c(c1)N(c1cnc(OC)c(NS(C)(=O)=O)c1)CCO2. The Morgan fingerprint density at radius 1 is 1.33 bits per heavy atom. The predicted octanol–water partition coefficient (Wildman–Crippen LogP) is 1.35. The number of amides is 1. The van der Waals surface area contributed by atoms with Crippen molar-refractivity contribution in [2.75, 3.05) is 43.2 Å². The van der Waals surface area contributed by atoms with Gasteiger partial charge in [0.25, 0.3) is 5.91 Å². The van der Waals surface area contributed by atoms with E-state index < -0.39 is 10.0 Å². The number of fused-ring (bicyclic) bond motifs is 1. The molecular weight excluding hydrogens is 372 g/mol. The molecule has 0 saturated heterocycles. The molecule has 0 atom stereocenters. The number of benzene rings is 1. The van der Waals surface area contributed by atoms with Crippen LogP contribution in [0, 0.1) is 0 Å². The first kappa shape index (κ1) is 18.8. The van der Waals surface area contributed by atoms with Gasteiger partial charge in [0, 0.05) is 12.6 Å². The van der Waals surface area contributed by atoms with Crippen LogP contribution in [0.2, 0.25) is 0 Å². The number of methoxy groups -OCH3 is 1. The number of carbonyl (C=O) groups excluding carboxylic acids is 1. The number of anilines is 3. The molecule has 0 bridgehead atoms. The molecule has 3 rings (SSSR count). The third-order valence-corrected chi connectivity index (χ3v) is 4.54. The van der Waals surface area contributed by atoms with Crippen molar-refractivity contribution < 1.29 is 22.7 Å². The first-order chi connectivity index (χ1) is 12.8. The maximum atomic E-state index is 12.0. The second-order valence-corrected chi connectivity index (χ2v) is 7.63. The lowest BCUT2D eigenvalue weighted by atomic mass is 10.1. The summed E-state index contributed by atoms with van der Waals surface area (Å²) in [6.45, 7) is 0.948. The van der Waals surface area contributed by atoms with Gasteiger partial charge in [-0.05, 0) is 24.3 Å². The smallest absolute Gasteiger partial charge is 0.251 e. The quantitative estimate of drug-likeness (QED) is 0.790. The number of carbonyl (C=O) groups is 1. The molecule has 1 amide bonds. The van der Waals surface area contributed by atoms with Gasteiger partial charge in [0.05, 0.1) is 37.5 Å². The summed E-state index contributed by atoms with van der Waals surface area (Å²) in [5, 5.41) is 2.59. The van der Waals surface area contributed by atoms with E-state index >= 15 is 0 Å². The van der Waals surface area contributed by atoms with Crippen LogP contribution in [0.1, 0.15) is 10.4 Å². The predicted molar refractivity (Wildman–Crippen MR) is 102 cm³/mol. The second kappa shape index (κ2) is 7.31. The van der Waals surface area contributed by atoms with Gasteiger partial charge in [-0.3, -0.25) is 9.52 Å². The number of pyridine rings is 1. The number of hydrogen-bond donors (Lipinski definition) is 2. The minimum atomic E-state index is -3.51.